The van der Waals surface area contributed by atoms with Crippen molar-refractivity contribution in [3.63, 3.8) is 0 Å². The number of thiazole rings is 1. The Labute approximate surface area is 84.0 Å². The monoisotopic (exact) mass is 299 g/mol. The number of methoxy groups -OCH3 is 1. The lowest BCUT2D eigenvalue weighted by Gasteiger charge is -1.91. The van der Waals surface area contributed by atoms with Gasteiger partial charge in [-0.15, -0.1) is 0 Å². The average molecular weight is 301 g/mol. The smallest absolute Gasteiger partial charge is 0.350 e. The molecule has 1 aromatic rings. The van der Waals surface area contributed by atoms with Crippen LogP contribution in [0.3, 0.4) is 0 Å². The first-order valence-corrected chi connectivity index (χ1v) is 4.95. The van der Waals surface area contributed by atoms with E-state index in [1.54, 1.807) is 0 Å². The molecule has 0 atom stereocenters. The van der Waals surface area contributed by atoms with Crippen molar-refractivity contribution in [3.05, 3.63) is 13.4 Å². The molecule has 0 aliphatic carbocycles. The number of nitrogens with zero attached hydrogens (tertiary/aromatic N) is 1. The summed E-state index contributed by atoms with van der Waals surface area (Å²) in [5.74, 6) is -0.375. The highest BCUT2D eigenvalue weighted by Gasteiger charge is 2.15. The van der Waals surface area contributed by atoms with Gasteiger partial charge < -0.3 is 4.74 Å². The molecular weight excluding hydrogens is 298 g/mol. The second kappa shape index (κ2) is 3.64. The number of carbonyl (C=O) groups excluding carboxylic acids is 1. The number of rotatable bonds is 1. The van der Waals surface area contributed by atoms with Crippen LogP contribution in [-0.4, -0.2) is 18.1 Å². The standard InChI is InChI=1S/C5H3Br2NO2S/c1-10-4(9)2-3(6)8-5(7)11-2/h1H3. The molecule has 0 N–H and O–H groups in total. The Kier molecular flexibility index (Phi) is 3.03. The van der Waals surface area contributed by atoms with E-state index in [-0.39, 0.29) is 5.97 Å². The van der Waals surface area contributed by atoms with Gasteiger partial charge >= 0.3 is 5.97 Å². The molecule has 0 radical (unpaired) electrons. The maximum Gasteiger partial charge on any atom is 0.350 e. The fourth-order valence-electron chi connectivity index (χ4n) is 0.496. The van der Waals surface area contributed by atoms with Crippen molar-refractivity contribution in [2.24, 2.45) is 0 Å². The summed E-state index contributed by atoms with van der Waals surface area (Å²) in [6.07, 6.45) is 0. The molecule has 1 aromatic heterocycles. The Hall–Kier alpha value is 0.0600. The zero-order valence-corrected chi connectivity index (χ0v) is 9.42. The number of halogens is 2. The summed E-state index contributed by atoms with van der Waals surface area (Å²) in [7, 11) is 1.34. The first-order valence-electron chi connectivity index (χ1n) is 2.55. The molecule has 6 heteroatoms. The minimum Gasteiger partial charge on any atom is -0.465 e. The third kappa shape index (κ3) is 2.00. The van der Waals surface area contributed by atoms with Gasteiger partial charge in [0.25, 0.3) is 0 Å². The summed E-state index contributed by atoms with van der Waals surface area (Å²) in [5.41, 5.74) is 0. The quantitative estimate of drug-likeness (QED) is 0.748. The maximum atomic E-state index is 10.9. The zero-order valence-electron chi connectivity index (χ0n) is 5.43. The van der Waals surface area contributed by atoms with Crippen LogP contribution in [0.1, 0.15) is 9.67 Å². The summed E-state index contributed by atoms with van der Waals surface area (Å²) in [6, 6.07) is 0. The van der Waals surface area contributed by atoms with Gasteiger partial charge in [-0.1, -0.05) is 11.3 Å². The van der Waals surface area contributed by atoms with Crippen molar-refractivity contribution in [2.45, 2.75) is 0 Å². The molecule has 0 saturated carbocycles. The highest BCUT2D eigenvalue weighted by molar-refractivity contribution is 9.11. The molecule has 1 heterocycles. The Balaban J connectivity index is 3.03. The molecule has 11 heavy (non-hydrogen) atoms. The van der Waals surface area contributed by atoms with Crippen LogP contribution in [-0.2, 0) is 4.74 Å². The first-order chi connectivity index (χ1) is 5.15. The lowest BCUT2D eigenvalue weighted by molar-refractivity contribution is 0.0605. The highest BCUT2D eigenvalue weighted by atomic mass is 79.9. The number of hydrogen-bond donors (Lipinski definition) is 0. The van der Waals surface area contributed by atoms with Gasteiger partial charge in [-0.2, -0.15) is 0 Å². The van der Waals surface area contributed by atoms with E-state index < -0.39 is 0 Å². The molecule has 0 spiro atoms. The maximum absolute atomic E-state index is 10.9. The minimum atomic E-state index is -0.375. The molecule has 0 aliphatic heterocycles. The average Bonchev–Trinajstić information content (AvgIpc) is 2.28. The van der Waals surface area contributed by atoms with Gasteiger partial charge in [-0.05, 0) is 31.9 Å². The van der Waals surface area contributed by atoms with E-state index >= 15 is 0 Å². The second-order valence-corrected chi connectivity index (χ2v) is 4.60. The van der Waals surface area contributed by atoms with Crippen molar-refractivity contribution in [1.29, 1.82) is 0 Å². The van der Waals surface area contributed by atoms with E-state index in [0.717, 1.165) is 0 Å². The van der Waals surface area contributed by atoms with Gasteiger partial charge in [0.2, 0.25) is 0 Å². The molecular formula is C5H3Br2NO2S. The van der Waals surface area contributed by atoms with Gasteiger partial charge in [0.05, 0.1) is 7.11 Å². The molecule has 0 aromatic carbocycles. The fourth-order valence-corrected chi connectivity index (χ4v) is 2.70. The Morgan fingerprint density at radius 3 is 2.64 bits per heavy atom. The largest absolute Gasteiger partial charge is 0.465 e. The highest BCUT2D eigenvalue weighted by Crippen LogP contribution is 2.27. The molecule has 0 amide bonds. The van der Waals surface area contributed by atoms with Crippen LogP contribution in [0.15, 0.2) is 8.52 Å². The zero-order chi connectivity index (χ0) is 8.43. The van der Waals surface area contributed by atoms with Crippen LogP contribution in [0.25, 0.3) is 0 Å². The van der Waals surface area contributed by atoms with Crippen LogP contribution in [0.4, 0.5) is 0 Å². The fraction of sp³-hybridized carbons (Fsp3) is 0.200. The Morgan fingerprint density at radius 2 is 2.27 bits per heavy atom. The van der Waals surface area contributed by atoms with Crippen molar-refractivity contribution >= 4 is 49.2 Å². The topological polar surface area (TPSA) is 39.2 Å². The van der Waals surface area contributed by atoms with Crippen molar-refractivity contribution < 1.29 is 9.53 Å². The summed E-state index contributed by atoms with van der Waals surface area (Å²) < 4.78 is 5.68. The first kappa shape index (κ1) is 9.15. The van der Waals surface area contributed by atoms with E-state index in [9.17, 15) is 4.79 Å². The summed E-state index contributed by atoms with van der Waals surface area (Å²) >= 11 is 7.51. The van der Waals surface area contributed by atoms with Crippen LogP contribution < -0.4 is 0 Å². The SMILES string of the molecule is COC(=O)c1sc(Br)nc1Br. The van der Waals surface area contributed by atoms with E-state index in [1.165, 1.54) is 18.4 Å². The molecule has 0 unspecified atom stereocenters. The second-order valence-electron chi connectivity index (χ2n) is 1.58. The van der Waals surface area contributed by atoms with E-state index in [1.807, 2.05) is 0 Å². The van der Waals surface area contributed by atoms with Gasteiger partial charge in [-0.25, -0.2) is 9.78 Å². The molecule has 0 bridgehead atoms. The number of aromatic nitrogens is 1. The van der Waals surface area contributed by atoms with Crippen LogP contribution in [0, 0.1) is 0 Å². The predicted molar refractivity (Wildman–Crippen MR) is 48.9 cm³/mol. The molecule has 1 rings (SSSR count). The van der Waals surface area contributed by atoms with Crippen LogP contribution in [0.2, 0.25) is 0 Å². The summed E-state index contributed by atoms with van der Waals surface area (Å²) in [4.78, 5) is 15.3. The molecule has 3 nitrogen and oxygen atoms in total. The van der Waals surface area contributed by atoms with Crippen molar-refractivity contribution in [2.75, 3.05) is 7.11 Å². The van der Waals surface area contributed by atoms with Gasteiger partial charge in [-0.3, -0.25) is 0 Å². The lowest BCUT2D eigenvalue weighted by atomic mass is 10.6. The van der Waals surface area contributed by atoms with Gasteiger partial charge in [0.15, 0.2) is 3.92 Å². The van der Waals surface area contributed by atoms with Crippen molar-refractivity contribution in [3.8, 4) is 0 Å². The van der Waals surface area contributed by atoms with E-state index in [4.69, 9.17) is 0 Å². The molecule has 60 valence electrons. The van der Waals surface area contributed by atoms with E-state index in [0.29, 0.717) is 13.4 Å². The molecule has 0 saturated heterocycles. The summed E-state index contributed by atoms with van der Waals surface area (Å²) in [5, 5.41) is 0. The Morgan fingerprint density at radius 1 is 1.64 bits per heavy atom. The third-order valence-electron chi connectivity index (χ3n) is 0.930. The number of ether oxygens (including phenoxy) is 1. The van der Waals surface area contributed by atoms with Crippen molar-refractivity contribution in [1.82, 2.24) is 4.98 Å². The predicted octanol–water partition coefficient (Wildman–Crippen LogP) is 2.45. The number of carbonyl (C=O) groups is 1. The van der Waals surface area contributed by atoms with Crippen LogP contribution in [0.5, 0.6) is 0 Å². The number of hydrogen-bond acceptors (Lipinski definition) is 4. The Bertz CT molecular complexity index is 286. The van der Waals surface area contributed by atoms with Crippen LogP contribution >= 0.6 is 43.2 Å². The number of esters is 1. The van der Waals surface area contributed by atoms with Gasteiger partial charge in [0, 0.05) is 0 Å². The minimum absolute atomic E-state index is 0.375. The third-order valence-corrected chi connectivity index (χ3v) is 3.25. The summed E-state index contributed by atoms with van der Waals surface area (Å²) in [6.45, 7) is 0. The van der Waals surface area contributed by atoms with E-state index in [2.05, 4.69) is 41.6 Å². The lowest BCUT2D eigenvalue weighted by Crippen LogP contribution is -1.98. The molecule has 0 aliphatic rings. The van der Waals surface area contributed by atoms with Gasteiger partial charge in [0.1, 0.15) is 9.48 Å². The molecule has 0 fully saturated rings. The normalized spacial score (nSPS) is 9.73.